The molecule has 0 amide bonds. The number of rotatable bonds is 20. The van der Waals surface area contributed by atoms with Gasteiger partial charge in [-0.2, -0.15) is 0 Å². The highest BCUT2D eigenvalue weighted by Crippen LogP contribution is 2.33. The average molecular weight is 1440 g/mol. The third kappa shape index (κ3) is 24.9. The van der Waals surface area contributed by atoms with Gasteiger partial charge >= 0.3 is 17.9 Å². The zero-order valence-electron chi connectivity index (χ0n) is 56.9. The Morgan fingerprint density at radius 3 is 0.889 bits per heavy atom. The number of anilines is 1. The molecule has 0 atom stereocenters. The number of nitrogens with two attached hydrogens (primary N) is 1. The third-order valence-electron chi connectivity index (χ3n) is 14.6. The summed E-state index contributed by atoms with van der Waals surface area (Å²) in [6.07, 6.45) is 0. The fraction of sp³-hybridized carbons (Fsp3) is 0.210. The van der Waals surface area contributed by atoms with Crippen molar-refractivity contribution in [2.24, 2.45) is 0 Å². The van der Waals surface area contributed by atoms with Crippen LogP contribution in [0.25, 0.3) is 55.6 Å². The van der Waals surface area contributed by atoms with Gasteiger partial charge in [0, 0.05) is 71.9 Å². The number of carboxylic acid groups (broad SMARTS) is 1. The molecule has 10 rings (SSSR count). The molecule has 0 saturated heterocycles. The molecule has 0 saturated carbocycles. The number of carboxylic acids is 1. The Morgan fingerprint density at radius 1 is 0.364 bits per heavy atom. The molecule has 3 N–H and O–H groups in total. The van der Waals surface area contributed by atoms with Gasteiger partial charge in [-0.25, -0.2) is 14.4 Å². The number of nitrogen functional groups attached to an aromatic ring is 1. The first kappa shape index (κ1) is 79.3. The lowest BCUT2D eigenvalue weighted by atomic mass is 9.97. The fourth-order valence-electron chi connectivity index (χ4n) is 10.1. The van der Waals surface area contributed by atoms with Crippen molar-refractivity contribution in [3.8, 4) is 55.6 Å². The van der Waals surface area contributed by atoms with Crippen molar-refractivity contribution in [1.29, 1.82) is 0 Å². The van der Waals surface area contributed by atoms with E-state index in [-0.39, 0.29) is 23.3 Å². The van der Waals surface area contributed by atoms with E-state index in [1.807, 2.05) is 191 Å². The Morgan fingerprint density at radius 2 is 0.616 bits per heavy atom. The van der Waals surface area contributed by atoms with Crippen LogP contribution in [0.5, 0.6) is 0 Å². The number of hydrogen-bond donors (Lipinski definition) is 2. The molecule has 0 aliphatic rings. The Kier molecular flexibility index (Phi) is 31.9. The standard InChI is InChI=1S/C19H21ClO3.C17H17ClO3.C16H15ClO2.C15H13ClO3.C14H14ClNO/c1-19(2,3)23-18(21)14-7-10-17(15(11-14)12-22-4)13-5-8-16(20)9-6-13;1-3-21-17(19)13-6-9-16(14(10-13)11-20-2)12-4-7-15(18)8-5-12;1-11(18)13-5-8-16(14(9-13)10-19-2)12-3-6-15(17)7-4-12;1-19-9-12-8-11(15(17)18)4-7-14(12)10-2-5-13(16)6-3-10;1-17-9-11-8-13(16)6-7-14(11)10-2-4-12(15)5-3-10/h5-11H,12H2,1-4H3;4-10H,3,11H2,1-2H3;3-9H,10H2,1-2H3;2-8H,9H2,1H3,(H,17,18);2-8H,9,16H2,1H3. The van der Waals surface area contributed by atoms with Crippen molar-refractivity contribution in [2.45, 2.75) is 73.3 Å². The van der Waals surface area contributed by atoms with Gasteiger partial charge in [0.25, 0.3) is 0 Å². The van der Waals surface area contributed by atoms with Crippen LogP contribution in [0.15, 0.2) is 212 Å². The summed E-state index contributed by atoms with van der Waals surface area (Å²) in [4.78, 5) is 46.5. The highest BCUT2D eigenvalue weighted by molar-refractivity contribution is 6.32. The first-order chi connectivity index (χ1) is 47.4. The van der Waals surface area contributed by atoms with E-state index in [2.05, 4.69) is 0 Å². The maximum absolute atomic E-state index is 12.2. The Labute approximate surface area is 605 Å². The van der Waals surface area contributed by atoms with Crippen LogP contribution in [-0.4, -0.2) is 76.6 Å². The Hall–Kier alpha value is -8.67. The van der Waals surface area contributed by atoms with E-state index in [4.69, 9.17) is 102 Å². The molecule has 18 heteroatoms. The molecule has 0 unspecified atom stereocenters. The van der Waals surface area contributed by atoms with Crippen molar-refractivity contribution < 1.29 is 57.4 Å². The summed E-state index contributed by atoms with van der Waals surface area (Å²) in [5.74, 6) is -1.55. The van der Waals surface area contributed by atoms with Crippen molar-refractivity contribution in [3.05, 3.63) is 288 Å². The van der Waals surface area contributed by atoms with Crippen LogP contribution in [0.1, 0.15) is 104 Å². The fourth-order valence-corrected chi connectivity index (χ4v) is 10.7. The molecule has 10 aromatic rings. The predicted octanol–water partition coefficient (Wildman–Crippen LogP) is 21.4. The van der Waals surface area contributed by atoms with Crippen LogP contribution in [0, 0.1) is 0 Å². The highest BCUT2D eigenvalue weighted by Gasteiger charge is 2.20. The summed E-state index contributed by atoms with van der Waals surface area (Å²) in [7, 11) is 8.16. The zero-order chi connectivity index (χ0) is 72.2. The van der Waals surface area contributed by atoms with Crippen molar-refractivity contribution in [2.75, 3.05) is 47.9 Å². The minimum absolute atomic E-state index is 0.0556. The topological polar surface area (TPSA) is 179 Å². The van der Waals surface area contributed by atoms with Gasteiger partial charge in [-0.3, -0.25) is 4.79 Å². The summed E-state index contributed by atoms with van der Waals surface area (Å²) in [5.41, 5.74) is 23.2. The lowest BCUT2D eigenvalue weighted by Gasteiger charge is -2.20. The van der Waals surface area contributed by atoms with E-state index in [1.165, 1.54) is 0 Å². The van der Waals surface area contributed by atoms with Crippen LogP contribution >= 0.6 is 58.0 Å². The molecule has 10 aromatic carbocycles. The molecule has 0 radical (unpaired) electrons. The molecule has 0 aliphatic carbocycles. The number of carbonyl (C=O) groups is 4. The number of carbonyl (C=O) groups excluding carboxylic acids is 3. The second-order valence-corrected chi connectivity index (χ2v) is 25.4. The monoisotopic (exact) mass is 1430 g/mol. The van der Waals surface area contributed by atoms with Gasteiger partial charge < -0.3 is 44.0 Å². The van der Waals surface area contributed by atoms with Crippen LogP contribution in [-0.2, 0) is 66.2 Å². The molecule has 0 bridgehead atoms. The number of esters is 2. The molecule has 13 nitrogen and oxygen atoms in total. The van der Waals surface area contributed by atoms with E-state index >= 15 is 0 Å². The average Bonchev–Trinajstić information content (AvgIpc) is 0.846. The van der Waals surface area contributed by atoms with Gasteiger partial charge in [-0.1, -0.05) is 155 Å². The number of halogens is 5. The maximum atomic E-state index is 12.2. The van der Waals surface area contributed by atoms with Gasteiger partial charge in [0.2, 0.25) is 0 Å². The summed E-state index contributed by atoms with van der Waals surface area (Å²) in [5, 5.41) is 12.5. The van der Waals surface area contributed by atoms with Gasteiger partial charge in [-0.05, 0) is 233 Å². The molecule has 0 heterocycles. The summed E-state index contributed by atoms with van der Waals surface area (Å²) >= 11 is 29.5. The normalized spacial score (nSPS) is 10.7. The molecule has 0 fully saturated rings. The predicted molar refractivity (Wildman–Crippen MR) is 401 cm³/mol. The molecule has 0 aromatic heterocycles. The van der Waals surface area contributed by atoms with Gasteiger partial charge in [-0.15, -0.1) is 0 Å². The molecule has 516 valence electrons. The number of aromatic carboxylic acids is 1. The summed E-state index contributed by atoms with van der Waals surface area (Å²) in [6.45, 7) is 11.5. The lowest BCUT2D eigenvalue weighted by molar-refractivity contribution is 0.00685. The van der Waals surface area contributed by atoms with Crippen LogP contribution in [0.3, 0.4) is 0 Å². The zero-order valence-corrected chi connectivity index (χ0v) is 60.6. The third-order valence-corrected chi connectivity index (χ3v) is 15.9. The number of benzene rings is 10. The number of hydrogen-bond acceptors (Lipinski definition) is 12. The Balaban J connectivity index is 0.000000196. The minimum Gasteiger partial charge on any atom is -0.478 e. The number of ether oxygens (including phenoxy) is 7. The highest BCUT2D eigenvalue weighted by atomic mass is 35.5. The lowest BCUT2D eigenvalue weighted by Crippen LogP contribution is -2.24. The first-order valence-electron chi connectivity index (χ1n) is 31.2. The van der Waals surface area contributed by atoms with Gasteiger partial charge in [0.05, 0.1) is 56.3 Å². The second kappa shape index (κ2) is 39.8. The van der Waals surface area contributed by atoms with Gasteiger partial charge in [0.1, 0.15) is 5.60 Å². The van der Waals surface area contributed by atoms with Gasteiger partial charge in [0.15, 0.2) is 5.78 Å². The summed E-state index contributed by atoms with van der Waals surface area (Å²) < 4.78 is 36.5. The summed E-state index contributed by atoms with van der Waals surface area (Å²) in [6, 6.07) is 65.5. The van der Waals surface area contributed by atoms with E-state index < -0.39 is 11.6 Å². The molecule has 99 heavy (non-hydrogen) atoms. The molecule has 0 spiro atoms. The number of Topliss-reactive ketones (excluding diaryl/α,β-unsaturated/α-hetero) is 1. The molecular weight excluding hydrogens is 1360 g/mol. The van der Waals surface area contributed by atoms with Crippen LogP contribution < -0.4 is 5.73 Å². The number of methoxy groups -OCH3 is 5. The van der Waals surface area contributed by atoms with E-state index in [0.29, 0.717) is 76.4 Å². The van der Waals surface area contributed by atoms with Crippen LogP contribution in [0.2, 0.25) is 25.1 Å². The smallest absolute Gasteiger partial charge is 0.338 e. The van der Waals surface area contributed by atoms with E-state index in [1.54, 1.807) is 91.9 Å². The van der Waals surface area contributed by atoms with Crippen molar-refractivity contribution in [1.82, 2.24) is 0 Å². The minimum atomic E-state index is -0.944. The largest absolute Gasteiger partial charge is 0.478 e. The quantitative estimate of drug-likeness (QED) is 0.0419. The van der Waals surface area contributed by atoms with Crippen molar-refractivity contribution >= 4 is 87.4 Å². The second-order valence-electron chi connectivity index (χ2n) is 23.2. The maximum Gasteiger partial charge on any atom is 0.338 e. The molecule has 0 aliphatic heterocycles. The molecular formula is C81H80Cl5NO12. The van der Waals surface area contributed by atoms with Crippen LogP contribution in [0.4, 0.5) is 5.69 Å². The Bertz CT molecular complexity index is 4160. The van der Waals surface area contributed by atoms with E-state index in [0.717, 1.165) is 94.2 Å². The van der Waals surface area contributed by atoms with Crippen molar-refractivity contribution in [3.63, 3.8) is 0 Å². The first-order valence-corrected chi connectivity index (χ1v) is 33.1. The van der Waals surface area contributed by atoms with E-state index in [9.17, 15) is 19.2 Å². The SMILES string of the molecule is CCOC(=O)c1ccc(-c2ccc(Cl)cc2)c(COC)c1.COCc1cc(C(=O)O)ccc1-c1ccc(Cl)cc1.COCc1cc(C(=O)OC(C)(C)C)ccc1-c1ccc(Cl)cc1.COCc1cc(C(C)=O)ccc1-c1ccc(Cl)cc1.COCc1cc(N)ccc1-c1ccc(Cl)cc1. The number of ketones is 1.